The fraction of sp³-hybridized carbons (Fsp3) is 0.0625. The van der Waals surface area contributed by atoms with E-state index >= 15 is 0 Å². The summed E-state index contributed by atoms with van der Waals surface area (Å²) in [5.41, 5.74) is 7.24. The van der Waals surface area contributed by atoms with Gasteiger partial charge in [0.1, 0.15) is 5.89 Å². The number of rotatable bonds is 7. The molecule has 0 saturated carbocycles. The molecule has 0 aliphatic heterocycles. The van der Waals surface area contributed by atoms with Crippen molar-refractivity contribution >= 4 is 46.8 Å². The van der Waals surface area contributed by atoms with Gasteiger partial charge in [0.25, 0.3) is 0 Å². The summed E-state index contributed by atoms with van der Waals surface area (Å²) in [6, 6.07) is 28.0. The smallest absolute Gasteiger partial charge is 0.870 e. The van der Waals surface area contributed by atoms with Crippen LogP contribution in [-0.4, -0.2) is 38.1 Å². The number of anilines is 2. The molecule has 11 nitrogen and oxygen atoms in total. The second-order valence-electron chi connectivity index (χ2n) is 9.13. The molecule has 0 atom stereocenters. The van der Waals surface area contributed by atoms with Crippen molar-refractivity contribution in [2.45, 2.75) is 12.8 Å². The maximum atomic E-state index is 13.8. The van der Waals surface area contributed by atoms with Gasteiger partial charge in [0.05, 0.1) is 34.3 Å². The van der Waals surface area contributed by atoms with Crippen LogP contribution in [0.5, 0.6) is 0 Å². The number of nitrogens with two attached hydrogens (primary N) is 1. The van der Waals surface area contributed by atoms with E-state index < -0.39 is 17.5 Å². The van der Waals surface area contributed by atoms with Crippen LogP contribution in [-0.2, 0) is 17.6 Å². The van der Waals surface area contributed by atoms with Crippen molar-refractivity contribution < 1.29 is 51.5 Å². The Kier molecular flexibility index (Phi) is 16.1. The molecular formula is C32H24Cl2F2LiN6O5-. The zero-order valence-electron chi connectivity index (χ0n) is 25.1. The Morgan fingerprint density at radius 2 is 1.25 bits per heavy atom. The minimum absolute atomic E-state index is 0. The number of hydrogen-bond donors (Lipinski definition) is 2. The van der Waals surface area contributed by atoms with Crippen LogP contribution in [0.15, 0.2) is 106 Å². The molecule has 0 fully saturated rings. The van der Waals surface area contributed by atoms with Crippen LogP contribution < -0.4 is 29.9 Å². The third-order valence-corrected chi connectivity index (χ3v) is 6.38. The number of nitrogens with one attached hydrogen (secondary N) is 1. The van der Waals surface area contributed by atoms with Gasteiger partial charge in [-0.1, -0.05) is 96.0 Å². The molecule has 0 radical (unpaired) electrons. The SMILES string of the molecule is Nc1cccc(Cl)c1F.O=C(Nc1cccc(Cl)c1F)c1nnc(Cc2ccccc2)o1.O=[C-]c1nnc(Cc2ccccc2)o1.[Li+].[OH-]. The number of carbonyl (C=O) groups excluding carboxylic acids is 2. The zero-order valence-corrected chi connectivity index (χ0v) is 26.6. The monoisotopic (exact) mass is 687 g/mol. The minimum atomic E-state index is -0.716. The number of nitrogen functional groups attached to an aromatic ring is 1. The Hall–Kier alpha value is -4.90. The fourth-order valence-corrected chi connectivity index (χ4v) is 3.98. The number of amides is 1. The van der Waals surface area contributed by atoms with Gasteiger partial charge < -0.3 is 30.2 Å². The minimum Gasteiger partial charge on any atom is -0.870 e. The second kappa shape index (κ2) is 19.7. The molecule has 4 N–H and O–H groups in total. The summed E-state index contributed by atoms with van der Waals surface area (Å²) in [5, 5.41) is 17.0. The van der Waals surface area contributed by atoms with Gasteiger partial charge in [0.15, 0.2) is 11.6 Å². The predicted octanol–water partition coefficient (Wildman–Crippen LogP) is 3.71. The van der Waals surface area contributed by atoms with Crippen LogP contribution in [0, 0.1) is 11.6 Å². The van der Waals surface area contributed by atoms with Gasteiger partial charge in [-0.2, -0.15) is 6.29 Å². The number of nitrogens with zero attached hydrogens (tertiary/aromatic N) is 4. The van der Waals surface area contributed by atoms with Crippen molar-refractivity contribution in [1.82, 2.24) is 20.4 Å². The molecule has 6 rings (SSSR count). The molecule has 1 amide bonds. The van der Waals surface area contributed by atoms with Crippen molar-refractivity contribution in [2.75, 3.05) is 11.1 Å². The molecule has 4 aromatic carbocycles. The summed E-state index contributed by atoms with van der Waals surface area (Å²) in [7, 11) is 0. The van der Waals surface area contributed by atoms with Gasteiger partial charge in [-0.3, -0.25) is 4.79 Å². The van der Waals surface area contributed by atoms with Gasteiger partial charge in [-0.25, -0.2) is 8.78 Å². The van der Waals surface area contributed by atoms with Gasteiger partial charge in [-0.05, 0) is 35.4 Å². The van der Waals surface area contributed by atoms with Crippen molar-refractivity contribution in [1.29, 1.82) is 0 Å². The molecular weight excluding hydrogens is 664 g/mol. The molecule has 16 heteroatoms. The Morgan fingerprint density at radius 3 is 1.77 bits per heavy atom. The van der Waals surface area contributed by atoms with Gasteiger partial charge in [0, 0.05) is 0 Å². The average Bonchev–Trinajstić information content (AvgIpc) is 3.73. The quantitative estimate of drug-likeness (QED) is 0.143. The molecule has 0 bridgehead atoms. The molecule has 0 aliphatic carbocycles. The van der Waals surface area contributed by atoms with E-state index in [1.165, 1.54) is 30.3 Å². The predicted molar refractivity (Wildman–Crippen MR) is 169 cm³/mol. The Labute approximate surface area is 295 Å². The molecule has 0 aliphatic rings. The zero-order chi connectivity index (χ0) is 32.9. The van der Waals surface area contributed by atoms with Crippen molar-refractivity contribution in [3.8, 4) is 0 Å². The summed E-state index contributed by atoms with van der Waals surface area (Å²) < 4.78 is 36.5. The summed E-state index contributed by atoms with van der Waals surface area (Å²) in [5.74, 6) is -1.57. The van der Waals surface area contributed by atoms with E-state index in [0.29, 0.717) is 24.6 Å². The van der Waals surface area contributed by atoms with Crippen molar-refractivity contribution in [2.24, 2.45) is 0 Å². The van der Waals surface area contributed by atoms with Crippen LogP contribution in [0.4, 0.5) is 20.2 Å². The first-order valence-electron chi connectivity index (χ1n) is 13.3. The molecule has 2 heterocycles. The summed E-state index contributed by atoms with van der Waals surface area (Å²) in [6.45, 7) is 0. The first-order chi connectivity index (χ1) is 22.2. The van der Waals surface area contributed by atoms with Crippen LogP contribution in [0.25, 0.3) is 0 Å². The Morgan fingerprint density at radius 1 is 0.729 bits per heavy atom. The molecule has 0 spiro atoms. The van der Waals surface area contributed by atoms with Gasteiger partial charge >= 0.3 is 30.7 Å². The molecule has 0 saturated heterocycles. The summed E-state index contributed by atoms with van der Waals surface area (Å²) in [6.07, 6.45) is 2.49. The van der Waals surface area contributed by atoms with Crippen LogP contribution in [0.1, 0.15) is 39.5 Å². The van der Waals surface area contributed by atoms with Crippen molar-refractivity contribution in [3.05, 3.63) is 153 Å². The second-order valence-corrected chi connectivity index (χ2v) is 9.94. The molecule has 0 unspecified atom stereocenters. The number of aromatic nitrogens is 4. The normalized spacial score (nSPS) is 9.75. The Balaban J connectivity index is 0.000000273. The van der Waals surface area contributed by atoms with Crippen LogP contribution in [0.2, 0.25) is 10.0 Å². The topological polar surface area (TPSA) is 180 Å². The van der Waals surface area contributed by atoms with E-state index in [9.17, 15) is 18.4 Å². The third kappa shape index (κ3) is 11.7. The Bertz CT molecular complexity index is 1880. The van der Waals surface area contributed by atoms with Gasteiger partial charge in [0.2, 0.25) is 11.8 Å². The van der Waals surface area contributed by atoms with E-state index in [-0.39, 0.29) is 57.5 Å². The third-order valence-electron chi connectivity index (χ3n) is 5.79. The average molecular weight is 688 g/mol. The molecule has 6 aromatic rings. The van der Waals surface area contributed by atoms with E-state index in [0.717, 1.165) is 11.1 Å². The van der Waals surface area contributed by atoms with Gasteiger partial charge in [-0.15, -0.1) is 20.4 Å². The van der Waals surface area contributed by atoms with E-state index in [2.05, 4.69) is 25.7 Å². The maximum Gasteiger partial charge on any atom is 1.00 e. The maximum absolute atomic E-state index is 13.8. The summed E-state index contributed by atoms with van der Waals surface area (Å²) >= 11 is 11.0. The number of hydrogen-bond acceptors (Lipinski definition) is 10. The first kappa shape index (κ1) is 39.3. The van der Waals surface area contributed by atoms with E-state index in [1.807, 2.05) is 60.7 Å². The van der Waals surface area contributed by atoms with E-state index in [4.69, 9.17) is 37.8 Å². The summed E-state index contributed by atoms with van der Waals surface area (Å²) in [4.78, 5) is 22.2. The van der Waals surface area contributed by atoms with Crippen LogP contribution in [0.3, 0.4) is 0 Å². The molecule has 242 valence electrons. The number of carbonyl (C=O) groups is 1. The standard InChI is InChI=1S/C16H11ClFN3O2.C10H7N2O2.C6H5ClFN.Li.H2O/c17-11-7-4-8-12(14(11)18)19-15(22)16-21-20-13(23-16)9-10-5-2-1-3-6-10;13-7-10-12-11-9(14-10)6-8-4-2-1-3-5-8;7-4-2-1-3-5(9)6(4)8;;/h1-8H,9H2,(H,19,22);1-5H,6H2;1-3H,9H2;;1H2/q;-1;;+1;/p-1. The fourth-order valence-electron chi connectivity index (χ4n) is 3.62. The number of halogens is 4. The van der Waals surface area contributed by atoms with Crippen LogP contribution >= 0.6 is 23.2 Å². The number of benzene rings is 4. The van der Waals surface area contributed by atoms with E-state index in [1.54, 1.807) is 12.4 Å². The van der Waals surface area contributed by atoms with Crippen molar-refractivity contribution in [3.63, 3.8) is 0 Å². The first-order valence-corrected chi connectivity index (χ1v) is 14.0. The molecule has 48 heavy (non-hydrogen) atoms. The largest absolute Gasteiger partial charge is 1.00 e. The molecule has 2 aromatic heterocycles.